The molecular weight excluding hydrogens is 324 g/mol. The molecule has 0 amide bonds. The first-order chi connectivity index (χ1) is 11.7. The Bertz CT molecular complexity index is 775. The Kier molecular flexibility index (Phi) is 5.30. The van der Waals surface area contributed by atoms with Crippen LogP contribution in [-0.2, 0) is 0 Å². The van der Waals surface area contributed by atoms with Gasteiger partial charge in [-0.25, -0.2) is 0 Å². The molecule has 2 aromatic rings. The summed E-state index contributed by atoms with van der Waals surface area (Å²) in [6.07, 6.45) is 7.80. The van der Waals surface area contributed by atoms with Gasteiger partial charge in [-0.05, 0) is 37.2 Å². The number of benzene rings is 1. The van der Waals surface area contributed by atoms with E-state index in [4.69, 9.17) is 21.7 Å². The average molecular weight is 346 g/mol. The van der Waals surface area contributed by atoms with E-state index in [1.807, 2.05) is 18.2 Å². The van der Waals surface area contributed by atoms with Gasteiger partial charge in [0.25, 0.3) is 0 Å². The van der Waals surface area contributed by atoms with Gasteiger partial charge >= 0.3 is 0 Å². The summed E-state index contributed by atoms with van der Waals surface area (Å²) in [7, 11) is 3.26. The molecule has 1 aliphatic rings. The molecule has 7 heteroatoms. The molecule has 1 aromatic carbocycles. The Morgan fingerprint density at radius 2 is 2.04 bits per heavy atom. The summed E-state index contributed by atoms with van der Waals surface area (Å²) in [6.45, 7) is 0. The first kappa shape index (κ1) is 16.7. The third-order valence-corrected chi connectivity index (χ3v) is 4.66. The largest absolute Gasteiger partial charge is 0.497 e. The molecule has 3 rings (SSSR count). The van der Waals surface area contributed by atoms with E-state index in [1.54, 1.807) is 25.1 Å². The van der Waals surface area contributed by atoms with Crippen LogP contribution in [0.5, 0.6) is 11.5 Å². The fourth-order valence-corrected chi connectivity index (χ4v) is 3.27. The highest BCUT2D eigenvalue weighted by molar-refractivity contribution is 7.71. The summed E-state index contributed by atoms with van der Waals surface area (Å²) >= 11 is 5.34. The van der Waals surface area contributed by atoms with Crippen molar-refractivity contribution in [3.8, 4) is 11.5 Å². The van der Waals surface area contributed by atoms with Crippen LogP contribution in [0.1, 0.15) is 49.4 Å². The van der Waals surface area contributed by atoms with Crippen LogP contribution in [-0.4, -0.2) is 35.3 Å². The molecule has 24 heavy (non-hydrogen) atoms. The molecule has 0 saturated heterocycles. The molecule has 6 nitrogen and oxygen atoms in total. The molecule has 0 spiro atoms. The third kappa shape index (κ3) is 3.51. The second-order valence-electron chi connectivity index (χ2n) is 5.89. The molecule has 0 bridgehead atoms. The van der Waals surface area contributed by atoms with Gasteiger partial charge in [-0.1, -0.05) is 19.3 Å². The van der Waals surface area contributed by atoms with Crippen LogP contribution in [0.3, 0.4) is 0 Å². The zero-order valence-electron chi connectivity index (χ0n) is 14.0. The zero-order valence-corrected chi connectivity index (χ0v) is 14.8. The second kappa shape index (κ2) is 7.61. The lowest BCUT2D eigenvalue weighted by molar-refractivity contribution is 0.394. The summed E-state index contributed by atoms with van der Waals surface area (Å²) in [5, 5.41) is 11.8. The lowest BCUT2D eigenvalue weighted by atomic mass is 9.89. The zero-order chi connectivity index (χ0) is 16.9. The fourth-order valence-electron chi connectivity index (χ4n) is 3.09. The maximum atomic E-state index is 5.40. The van der Waals surface area contributed by atoms with E-state index in [1.165, 1.54) is 19.3 Å². The van der Waals surface area contributed by atoms with Crippen LogP contribution < -0.4 is 9.47 Å². The summed E-state index contributed by atoms with van der Waals surface area (Å²) in [5.74, 6) is 2.78. The topological polar surface area (TPSA) is 64.4 Å². The summed E-state index contributed by atoms with van der Waals surface area (Å²) in [6, 6.07) is 5.61. The van der Waals surface area contributed by atoms with Crippen molar-refractivity contribution < 1.29 is 9.47 Å². The Labute approximate surface area is 146 Å². The van der Waals surface area contributed by atoms with Gasteiger partial charge in [0.15, 0.2) is 5.82 Å². The first-order valence-corrected chi connectivity index (χ1v) is 8.57. The molecule has 128 valence electrons. The number of methoxy groups -OCH3 is 2. The second-order valence-corrected chi connectivity index (χ2v) is 6.27. The molecule has 1 aromatic heterocycles. The van der Waals surface area contributed by atoms with Gasteiger partial charge in [0.2, 0.25) is 4.77 Å². The number of hydrogen-bond donors (Lipinski definition) is 1. The highest BCUT2D eigenvalue weighted by atomic mass is 32.1. The number of rotatable bonds is 5. The van der Waals surface area contributed by atoms with E-state index in [-0.39, 0.29) is 0 Å². The van der Waals surface area contributed by atoms with E-state index in [0.717, 1.165) is 30.0 Å². The molecular formula is C17H22N4O2S. The first-order valence-electron chi connectivity index (χ1n) is 8.16. The minimum atomic E-state index is 0.418. The number of nitrogens with zero attached hydrogens (tertiary/aromatic N) is 3. The lowest BCUT2D eigenvalue weighted by Crippen LogP contribution is -2.10. The van der Waals surface area contributed by atoms with Crippen LogP contribution in [0.2, 0.25) is 0 Å². The van der Waals surface area contributed by atoms with Gasteiger partial charge in [-0.15, -0.1) is 0 Å². The molecule has 1 saturated carbocycles. The van der Waals surface area contributed by atoms with Gasteiger partial charge in [0.05, 0.1) is 20.4 Å². The van der Waals surface area contributed by atoms with Crippen molar-refractivity contribution in [2.24, 2.45) is 5.10 Å². The Morgan fingerprint density at radius 3 is 2.75 bits per heavy atom. The van der Waals surface area contributed by atoms with Crippen LogP contribution in [0.25, 0.3) is 0 Å². The minimum absolute atomic E-state index is 0.418. The number of nitrogens with one attached hydrogen (secondary N) is 1. The van der Waals surface area contributed by atoms with E-state index < -0.39 is 0 Å². The van der Waals surface area contributed by atoms with E-state index in [0.29, 0.717) is 16.4 Å². The van der Waals surface area contributed by atoms with Crippen LogP contribution in [0, 0.1) is 4.77 Å². The van der Waals surface area contributed by atoms with Crippen LogP contribution in [0.15, 0.2) is 23.3 Å². The molecule has 1 N–H and O–H groups in total. The van der Waals surface area contributed by atoms with Gasteiger partial charge < -0.3 is 9.47 Å². The normalized spacial score (nSPS) is 15.8. The third-order valence-electron chi connectivity index (χ3n) is 4.40. The number of hydrogen-bond acceptors (Lipinski definition) is 5. The Balaban J connectivity index is 1.89. The van der Waals surface area contributed by atoms with Gasteiger partial charge in [0.1, 0.15) is 11.5 Å². The maximum Gasteiger partial charge on any atom is 0.216 e. The van der Waals surface area contributed by atoms with Crippen molar-refractivity contribution in [2.45, 2.75) is 38.0 Å². The summed E-state index contributed by atoms with van der Waals surface area (Å²) in [4.78, 5) is 0. The quantitative estimate of drug-likeness (QED) is 0.659. The molecule has 1 aliphatic carbocycles. The fraction of sp³-hybridized carbons (Fsp3) is 0.471. The average Bonchev–Trinajstić information content (AvgIpc) is 3.01. The smallest absolute Gasteiger partial charge is 0.216 e. The number of aromatic amines is 1. The number of H-pyrrole nitrogens is 1. The summed E-state index contributed by atoms with van der Waals surface area (Å²) < 4.78 is 12.9. The van der Waals surface area contributed by atoms with Gasteiger partial charge in [-0.2, -0.15) is 14.9 Å². The Hall–Kier alpha value is -2.15. The summed E-state index contributed by atoms with van der Waals surface area (Å²) in [5.41, 5.74) is 0.857. The molecule has 1 heterocycles. The van der Waals surface area contributed by atoms with Gasteiger partial charge in [-0.3, -0.25) is 5.10 Å². The van der Waals surface area contributed by atoms with Crippen LogP contribution in [0.4, 0.5) is 0 Å². The van der Waals surface area contributed by atoms with E-state index in [2.05, 4.69) is 15.3 Å². The van der Waals surface area contributed by atoms with Gasteiger partial charge in [0, 0.05) is 17.5 Å². The molecule has 0 radical (unpaired) electrons. The van der Waals surface area contributed by atoms with Crippen LogP contribution >= 0.6 is 12.2 Å². The highest BCUT2D eigenvalue weighted by Gasteiger charge is 2.21. The minimum Gasteiger partial charge on any atom is -0.497 e. The molecule has 0 aliphatic heterocycles. The lowest BCUT2D eigenvalue weighted by Gasteiger charge is -2.19. The van der Waals surface area contributed by atoms with Crippen molar-refractivity contribution in [3.05, 3.63) is 34.4 Å². The highest BCUT2D eigenvalue weighted by Crippen LogP contribution is 2.31. The number of aromatic nitrogens is 3. The predicted octanol–water partition coefficient (Wildman–Crippen LogP) is 3.89. The van der Waals surface area contributed by atoms with E-state index in [9.17, 15) is 0 Å². The molecule has 0 atom stereocenters. The predicted molar refractivity (Wildman–Crippen MR) is 95.8 cm³/mol. The Morgan fingerprint density at radius 1 is 1.25 bits per heavy atom. The van der Waals surface area contributed by atoms with Crippen molar-refractivity contribution in [3.63, 3.8) is 0 Å². The number of ether oxygens (including phenoxy) is 2. The van der Waals surface area contributed by atoms with E-state index >= 15 is 0 Å². The van der Waals surface area contributed by atoms with Crippen molar-refractivity contribution in [1.29, 1.82) is 0 Å². The SMILES string of the molecule is COc1ccc(/C=N\n2c(C3CCCCC3)n[nH]c2=S)c(OC)c1. The maximum absolute atomic E-state index is 5.40. The molecule has 0 unspecified atom stereocenters. The standard InChI is InChI=1S/C17H22N4O2S/c1-22-14-9-8-13(15(10-14)23-2)11-18-21-16(19-20-17(21)24)12-6-4-3-5-7-12/h8-12H,3-7H2,1-2H3,(H,20,24)/b18-11-. The monoisotopic (exact) mass is 346 g/mol. The van der Waals surface area contributed by atoms with Crippen molar-refractivity contribution in [1.82, 2.24) is 14.9 Å². The molecule has 1 fully saturated rings. The van der Waals surface area contributed by atoms with Crippen molar-refractivity contribution >= 4 is 18.4 Å². The van der Waals surface area contributed by atoms with Crippen molar-refractivity contribution in [2.75, 3.05) is 14.2 Å².